The highest BCUT2D eigenvalue weighted by molar-refractivity contribution is 7.71. The number of hydrogen-bond acceptors (Lipinski definition) is 4. The molecule has 1 aromatic rings. The molecule has 0 aliphatic carbocycles. The van der Waals surface area contributed by atoms with Crippen LogP contribution in [-0.2, 0) is 18.5 Å². The Kier molecular flexibility index (Phi) is 3.58. The third kappa shape index (κ3) is 2.73. The van der Waals surface area contributed by atoms with Crippen molar-refractivity contribution in [1.82, 2.24) is 24.1 Å². The maximum atomic E-state index is 11.2. The summed E-state index contributed by atoms with van der Waals surface area (Å²) in [5.41, 5.74) is 0. The van der Waals surface area contributed by atoms with E-state index in [4.69, 9.17) is 12.2 Å². The molecule has 0 saturated carbocycles. The fourth-order valence-corrected chi connectivity index (χ4v) is 2.06. The SMILES string of the molecule is CC(=O)N1CCN(Cn2ncn(C)c2=S)CC1. The molecule has 1 saturated heterocycles. The quantitative estimate of drug-likeness (QED) is 0.702. The number of carbonyl (C=O) groups excluding carboxylic acids is 1. The first-order chi connectivity index (χ1) is 8.08. The summed E-state index contributed by atoms with van der Waals surface area (Å²) in [5.74, 6) is 0.152. The second kappa shape index (κ2) is 4.97. The van der Waals surface area contributed by atoms with Gasteiger partial charge in [-0.3, -0.25) is 9.69 Å². The van der Waals surface area contributed by atoms with Gasteiger partial charge in [-0.15, -0.1) is 0 Å². The zero-order chi connectivity index (χ0) is 12.4. The zero-order valence-corrected chi connectivity index (χ0v) is 11.0. The van der Waals surface area contributed by atoms with E-state index in [1.54, 1.807) is 17.9 Å². The zero-order valence-electron chi connectivity index (χ0n) is 10.2. The van der Waals surface area contributed by atoms with E-state index in [-0.39, 0.29) is 5.91 Å². The van der Waals surface area contributed by atoms with Crippen molar-refractivity contribution in [3.8, 4) is 0 Å². The minimum Gasteiger partial charge on any atom is -0.340 e. The van der Waals surface area contributed by atoms with Gasteiger partial charge < -0.3 is 9.47 Å². The van der Waals surface area contributed by atoms with Crippen molar-refractivity contribution in [3.05, 3.63) is 11.1 Å². The number of aryl methyl sites for hydroxylation is 1. The first kappa shape index (κ1) is 12.3. The van der Waals surface area contributed by atoms with E-state index >= 15 is 0 Å². The summed E-state index contributed by atoms with van der Waals surface area (Å²) < 4.78 is 4.35. The Morgan fingerprint density at radius 2 is 2.06 bits per heavy atom. The molecule has 6 nitrogen and oxygen atoms in total. The number of aromatic nitrogens is 3. The minimum atomic E-state index is 0.152. The van der Waals surface area contributed by atoms with Crippen molar-refractivity contribution < 1.29 is 4.79 Å². The van der Waals surface area contributed by atoms with Gasteiger partial charge in [0.25, 0.3) is 0 Å². The van der Waals surface area contributed by atoms with Gasteiger partial charge >= 0.3 is 0 Å². The lowest BCUT2D eigenvalue weighted by Gasteiger charge is -2.33. The molecule has 1 aromatic heterocycles. The van der Waals surface area contributed by atoms with Crippen molar-refractivity contribution in [3.63, 3.8) is 0 Å². The average molecular weight is 255 g/mol. The smallest absolute Gasteiger partial charge is 0.219 e. The van der Waals surface area contributed by atoms with Crippen molar-refractivity contribution in [2.75, 3.05) is 26.2 Å². The summed E-state index contributed by atoms with van der Waals surface area (Å²) in [5, 5.41) is 4.22. The first-order valence-corrected chi connectivity index (χ1v) is 6.05. The van der Waals surface area contributed by atoms with E-state index in [0.717, 1.165) is 31.0 Å². The van der Waals surface area contributed by atoms with Crippen molar-refractivity contribution >= 4 is 18.1 Å². The molecular weight excluding hydrogens is 238 g/mol. The highest BCUT2D eigenvalue weighted by Crippen LogP contribution is 2.03. The third-order valence-corrected chi connectivity index (χ3v) is 3.54. The standard InChI is InChI=1S/C10H17N5OS/c1-9(16)14-5-3-13(4-6-14)8-15-10(17)12(2)7-11-15/h7H,3-6,8H2,1-2H3. The molecule has 0 N–H and O–H groups in total. The van der Waals surface area contributed by atoms with Crippen molar-refractivity contribution in [2.45, 2.75) is 13.6 Å². The van der Waals surface area contributed by atoms with Crippen LogP contribution in [-0.4, -0.2) is 56.2 Å². The molecule has 94 valence electrons. The molecule has 1 fully saturated rings. The van der Waals surface area contributed by atoms with Crippen LogP contribution in [0, 0.1) is 4.77 Å². The highest BCUT2D eigenvalue weighted by atomic mass is 32.1. The molecule has 2 rings (SSSR count). The number of amides is 1. The van der Waals surface area contributed by atoms with Crippen molar-refractivity contribution in [2.24, 2.45) is 7.05 Å². The fraction of sp³-hybridized carbons (Fsp3) is 0.700. The molecule has 1 amide bonds. The lowest BCUT2D eigenvalue weighted by molar-refractivity contribution is -0.130. The van der Waals surface area contributed by atoms with Crippen LogP contribution < -0.4 is 0 Å². The van der Waals surface area contributed by atoms with E-state index < -0.39 is 0 Å². The monoisotopic (exact) mass is 255 g/mol. The van der Waals surface area contributed by atoms with Crippen LogP contribution in [0.2, 0.25) is 0 Å². The van der Waals surface area contributed by atoms with Crippen LogP contribution in [0.3, 0.4) is 0 Å². The first-order valence-electron chi connectivity index (χ1n) is 5.64. The summed E-state index contributed by atoms with van der Waals surface area (Å²) in [6.07, 6.45) is 1.72. The molecule has 0 radical (unpaired) electrons. The van der Waals surface area contributed by atoms with Crippen molar-refractivity contribution in [1.29, 1.82) is 0 Å². The number of piperazine rings is 1. The number of rotatable bonds is 2. The Morgan fingerprint density at radius 1 is 1.41 bits per heavy atom. The molecule has 2 heterocycles. The normalized spacial score (nSPS) is 17.4. The Balaban J connectivity index is 1.92. The largest absolute Gasteiger partial charge is 0.340 e. The van der Waals surface area contributed by atoms with Crippen LogP contribution >= 0.6 is 12.2 Å². The van der Waals surface area contributed by atoms with E-state index in [1.165, 1.54) is 0 Å². The predicted molar refractivity (Wildman–Crippen MR) is 65.9 cm³/mol. The van der Waals surface area contributed by atoms with Gasteiger partial charge in [0.15, 0.2) is 4.77 Å². The molecule has 17 heavy (non-hydrogen) atoms. The summed E-state index contributed by atoms with van der Waals surface area (Å²) >= 11 is 5.23. The van der Waals surface area contributed by atoms with Gasteiger partial charge in [-0.1, -0.05) is 0 Å². The van der Waals surface area contributed by atoms with Gasteiger partial charge in [0.1, 0.15) is 6.33 Å². The Morgan fingerprint density at radius 3 is 2.53 bits per heavy atom. The Bertz CT molecular complexity index is 458. The molecule has 0 atom stereocenters. The van der Waals surface area contributed by atoms with Crippen LogP contribution in [0.4, 0.5) is 0 Å². The molecule has 0 bridgehead atoms. The number of carbonyl (C=O) groups is 1. The molecule has 0 aromatic carbocycles. The van der Waals surface area contributed by atoms with Gasteiger partial charge in [0, 0.05) is 40.2 Å². The van der Waals surface area contributed by atoms with E-state index in [9.17, 15) is 4.79 Å². The van der Waals surface area contributed by atoms with Gasteiger partial charge in [-0.25, -0.2) is 4.68 Å². The highest BCUT2D eigenvalue weighted by Gasteiger charge is 2.18. The van der Waals surface area contributed by atoms with E-state index in [0.29, 0.717) is 6.67 Å². The maximum Gasteiger partial charge on any atom is 0.219 e. The predicted octanol–water partition coefficient (Wildman–Crippen LogP) is 0.0727. The molecule has 1 aliphatic heterocycles. The second-order valence-corrected chi connectivity index (χ2v) is 4.65. The molecule has 1 aliphatic rings. The van der Waals surface area contributed by atoms with Crippen LogP contribution in [0.5, 0.6) is 0 Å². The van der Waals surface area contributed by atoms with Crippen LogP contribution in [0.1, 0.15) is 6.92 Å². The maximum absolute atomic E-state index is 11.2. The summed E-state index contributed by atoms with van der Waals surface area (Å²) in [4.78, 5) is 15.3. The molecular formula is C10H17N5OS. The summed E-state index contributed by atoms with van der Waals surface area (Å²) in [6.45, 7) is 5.64. The van der Waals surface area contributed by atoms with E-state index in [1.807, 2.05) is 16.5 Å². The lowest BCUT2D eigenvalue weighted by atomic mass is 10.3. The lowest BCUT2D eigenvalue weighted by Crippen LogP contribution is -2.48. The summed E-state index contributed by atoms with van der Waals surface area (Å²) in [6, 6.07) is 0. The Hall–Kier alpha value is -1.21. The van der Waals surface area contributed by atoms with Gasteiger partial charge in [-0.05, 0) is 12.2 Å². The van der Waals surface area contributed by atoms with Gasteiger partial charge in [-0.2, -0.15) is 5.10 Å². The van der Waals surface area contributed by atoms with Crippen LogP contribution in [0.25, 0.3) is 0 Å². The summed E-state index contributed by atoms with van der Waals surface area (Å²) in [7, 11) is 1.89. The average Bonchev–Trinajstić information content (AvgIpc) is 2.62. The van der Waals surface area contributed by atoms with Gasteiger partial charge in [0.05, 0.1) is 6.67 Å². The number of nitrogens with zero attached hydrogens (tertiary/aromatic N) is 5. The molecule has 0 unspecified atom stereocenters. The second-order valence-electron chi connectivity index (χ2n) is 4.29. The molecule has 7 heteroatoms. The van der Waals surface area contributed by atoms with Crippen LogP contribution in [0.15, 0.2) is 6.33 Å². The number of hydrogen-bond donors (Lipinski definition) is 0. The minimum absolute atomic E-state index is 0.152. The molecule has 0 spiro atoms. The van der Waals surface area contributed by atoms with Gasteiger partial charge in [0.2, 0.25) is 5.91 Å². The van der Waals surface area contributed by atoms with E-state index in [2.05, 4.69) is 10.00 Å². The Labute approximate surface area is 105 Å². The topological polar surface area (TPSA) is 46.3 Å². The third-order valence-electron chi connectivity index (χ3n) is 3.04. The fourth-order valence-electron chi connectivity index (χ4n) is 1.91.